The molecule has 0 aliphatic heterocycles. The maximum atomic E-state index is 13.3. The fourth-order valence-corrected chi connectivity index (χ4v) is 4.64. The Bertz CT molecular complexity index is 1290. The third kappa shape index (κ3) is 3.68. The molecule has 0 N–H and O–H groups in total. The van der Waals surface area contributed by atoms with Crippen LogP contribution in [0.1, 0.15) is 23.6 Å². The molecule has 146 valence electrons. The summed E-state index contributed by atoms with van der Waals surface area (Å²) in [5.41, 5.74) is 5.93. The smallest absolute Gasteiger partial charge is 0.223 e. The van der Waals surface area contributed by atoms with E-state index in [2.05, 4.69) is 18.0 Å². The van der Waals surface area contributed by atoms with E-state index in [0.717, 1.165) is 34.1 Å². The Morgan fingerprint density at radius 2 is 1.41 bits per heavy atom. The Labute approximate surface area is 172 Å². The van der Waals surface area contributed by atoms with Crippen molar-refractivity contribution in [1.29, 1.82) is 0 Å². The van der Waals surface area contributed by atoms with Crippen LogP contribution in [0.3, 0.4) is 0 Å². The van der Waals surface area contributed by atoms with Crippen LogP contribution in [0.4, 0.5) is 0 Å². The highest BCUT2D eigenvalue weighted by molar-refractivity contribution is 7.91. The second-order valence-electron chi connectivity index (χ2n) is 7.40. The molecule has 29 heavy (non-hydrogen) atoms. The number of rotatable bonds is 4. The number of pyridine rings is 1. The summed E-state index contributed by atoms with van der Waals surface area (Å²) in [5.74, 6) is 0. The highest BCUT2D eigenvalue weighted by Crippen LogP contribution is 2.32. The van der Waals surface area contributed by atoms with Gasteiger partial charge in [-0.2, -0.15) is 0 Å². The van der Waals surface area contributed by atoms with Gasteiger partial charge in [-0.1, -0.05) is 60.5 Å². The van der Waals surface area contributed by atoms with Crippen molar-refractivity contribution in [2.75, 3.05) is 0 Å². The molecule has 0 bridgehead atoms. The van der Waals surface area contributed by atoms with Crippen LogP contribution in [0, 0.1) is 13.8 Å². The van der Waals surface area contributed by atoms with E-state index in [9.17, 15) is 8.42 Å². The first kappa shape index (κ1) is 19.3. The molecule has 4 aromatic rings. The zero-order valence-corrected chi connectivity index (χ0v) is 17.6. The number of nitrogens with zero attached hydrogens (tertiary/aromatic N) is 1. The van der Waals surface area contributed by atoms with Gasteiger partial charge in [-0.05, 0) is 67.3 Å². The normalized spacial score (nSPS) is 11.7. The standard InChI is InChI=1S/C25H23NO2S/c1-4-19-9-14-24-23(15-19)22(20-10-5-17(2)6-11-20)16-25(26-24)29(27,28)21-12-7-18(3)8-13-21/h5-16H,4H2,1-3H3. The molecule has 4 rings (SSSR count). The summed E-state index contributed by atoms with van der Waals surface area (Å²) in [4.78, 5) is 4.80. The Morgan fingerprint density at radius 3 is 2.03 bits per heavy atom. The summed E-state index contributed by atoms with van der Waals surface area (Å²) in [7, 11) is -3.71. The molecule has 0 aliphatic rings. The minimum atomic E-state index is -3.71. The minimum Gasteiger partial charge on any atom is -0.236 e. The van der Waals surface area contributed by atoms with Gasteiger partial charge >= 0.3 is 0 Å². The lowest BCUT2D eigenvalue weighted by Crippen LogP contribution is -2.05. The molecule has 1 heterocycles. The van der Waals surface area contributed by atoms with Gasteiger partial charge in [0.05, 0.1) is 10.4 Å². The Kier molecular flexibility index (Phi) is 4.97. The van der Waals surface area contributed by atoms with Crippen molar-refractivity contribution < 1.29 is 8.42 Å². The predicted octanol–water partition coefficient (Wildman–Crippen LogP) is 5.91. The van der Waals surface area contributed by atoms with Gasteiger partial charge in [0.15, 0.2) is 5.03 Å². The lowest BCUT2D eigenvalue weighted by Gasteiger charge is -2.12. The van der Waals surface area contributed by atoms with Crippen LogP contribution in [0.2, 0.25) is 0 Å². The zero-order valence-electron chi connectivity index (χ0n) is 16.8. The average Bonchev–Trinajstić information content (AvgIpc) is 2.73. The van der Waals surface area contributed by atoms with Gasteiger partial charge in [-0.15, -0.1) is 0 Å². The lowest BCUT2D eigenvalue weighted by atomic mass is 9.98. The van der Waals surface area contributed by atoms with Crippen LogP contribution < -0.4 is 0 Å². The summed E-state index contributed by atoms with van der Waals surface area (Å²) < 4.78 is 26.6. The molecule has 4 heteroatoms. The summed E-state index contributed by atoms with van der Waals surface area (Å²) >= 11 is 0. The number of hydrogen-bond donors (Lipinski definition) is 0. The number of hydrogen-bond acceptors (Lipinski definition) is 3. The third-order valence-electron chi connectivity index (χ3n) is 5.23. The van der Waals surface area contributed by atoms with Crippen molar-refractivity contribution in [2.45, 2.75) is 37.1 Å². The van der Waals surface area contributed by atoms with Crippen LogP contribution >= 0.6 is 0 Å². The van der Waals surface area contributed by atoms with E-state index in [4.69, 9.17) is 0 Å². The van der Waals surface area contributed by atoms with Crippen LogP contribution in [0.25, 0.3) is 22.0 Å². The minimum absolute atomic E-state index is 0.0775. The molecule has 0 unspecified atom stereocenters. The van der Waals surface area contributed by atoms with E-state index < -0.39 is 9.84 Å². The summed E-state index contributed by atoms with van der Waals surface area (Å²) in [6, 6.07) is 22.8. The highest BCUT2D eigenvalue weighted by atomic mass is 32.2. The lowest BCUT2D eigenvalue weighted by molar-refractivity contribution is 0.593. The largest absolute Gasteiger partial charge is 0.236 e. The van der Waals surface area contributed by atoms with E-state index in [1.54, 1.807) is 18.2 Å². The topological polar surface area (TPSA) is 47.0 Å². The SMILES string of the molecule is CCc1ccc2nc(S(=O)(=O)c3ccc(C)cc3)cc(-c3ccc(C)cc3)c2c1. The van der Waals surface area contributed by atoms with E-state index in [-0.39, 0.29) is 9.92 Å². The third-order valence-corrected chi connectivity index (χ3v) is 6.88. The van der Waals surface area contributed by atoms with E-state index in [1.165, 1.54) is 5.56 Å². The monoisotopic (exact) mass is 401 g/mol. The van der Waals surface area contributed by atoms with Gasteiger partial charge in [0.1, 0.15) is 0 Å². The average molecular weight is 402 g/mol. The number of fused-ring (bicyclic) bond motifs is 1. The molecule has 0 spiro atoms. The van der Waals surface area contributed by atoms with Crippen molar-refractivity contribution in [2.24, 2.45) is 0 Å². The van der Waals surface area contributed by atoms with Crippen molar-refractivity contribution in [3.63, 3.8) is 0 Å². The highest BCUT2D eigenvalue weighted by Gasteiger charge is 2.22. The van der Waals surface area contributed by atoms with Gasteiger partial charge in [0.25, 0.3) is 0 Å². The quantitative estimate of drug-likeness (QED) is 0.427. The van der Waals surface area contributed by atoms with Gasteiger partial charge in [0, 0.05) is 5.39 Å². The molecule has 0 aliphatic carbocycles. The number of sulfone groups is 1. The van der Waals surface area contributed by atoms with Gasteiger partial charge in [-0.25, -0.2) is 13.4 Å². The Hall–Kier alpha value is -2.98. The molecular weight excluding hydrogens is 378 g/mol. The van der Waals surface area contributed by atoms with Gasteiger partial charge in [-0.3, -0.25) is 0 Å². The van der Waals surface area contributed by atoms with Crippen LogP contribution in [-0.4, -0.2) is 13.4 Å². The second-order valence-corrected chi connectivity index (χ2v) is 9.29. The summed E-state index contributed by atoms with van der Waals surface area (Å²) in [6.45, 7) is 6.08. The van der Waals surface area contributed by atoms with Crippen LogP contribution in [-0.2, 0) is 16.3 Å². The maximum Gasteiger partial charge on any atom is 0.223 e. The van der Waals surface area contributed by atoms with Crippen molar-refractivity contribution >= 4 is 20.7 Å². The predicted molar refractivity (Wildman–Crippen MR) is 118 cm³/mol. The molecule has 3 aromatic carbocycles. The van der Waals surface area contributed by atoms with Crippen LogP contribution in [0.5, 0.6) is 0 Å². The van der Waals surface area contributed by atoms with E-state index in [1.807, 2.05) is 62.4 Å². The first-order chi connectivity index (χ1) is 13.9. The Morgan fingerprint density at radius 1 is 0.793 bits per heavy atom. The van der Waals surface area contributed by atoms with Crippen molar-refractivity contribution in [3.05, 3.63) is 89.5 Å². The van der Waals surface area contributed by atoms with Gasteiger partial charge in [0.2, 0.25) is 9.84 Å². The molecule has 0 atom stereocenters. The van der Waals surface area contributed by atoms with Crippen LogP contribution in [0.15, 0.2) is 82.7 Å². The molecule has 3 nitrogen and oxygen atoms in total. The Balaban J connectivity index is 1.99. The zero-order chi connectivity index (χ0) is 20.6. The molecular formula is C25H23NO2S. The fraction of sp³-hybridized carbons (Fsp3) is 0.160. The number of benzene rings is 3. The summed E-state index contributed by atoms with van der Waals surface area (Å²) in [6.07, 6.45) is 0.909. The fourth-order valence-electron chi connectivity index (χ4n) is 3.42. The second kappa shape index (κ2) is 7.45. The number of aromatic nitrogens is 1. The maximum absolute atomic E-state index is 13.3. The molecule has 0 saturated heterocycles. The van der Waals surface area contributed by atoms with E-state index in [0.29, 0.717) is 5.52 Å². The molecule has 0 amide bonds. The molecule has 0 saturated carbocycles. The molecule has 0 fully saturated rings. The number of aryl methyl sites for hydroxylation is 3. The first-order valence-electron chi connectivity index (χ1n) is 9.71. The van der Waals surface area contributed by atoms with Crippen molar-refractivity contribution in [3.8, 4) is 11.1 Å². The van der Waals surface area contributed by atoms with Gasteiger partial charge < -0.3 is 0 Å². The molecule has 1 aromatic heterocycles. The van der Waals surface area contributed by atoms with Crippen molar-refractivity contribution in [1.82, 2.24) is 4.98 Å². The first-order valence-corrected chi connectivity index (χ1v) is 11.2. The van der Waals surface area contributed by atoms with E-state index >= 15 is 0 Å². The molecule has 0 radical (unpaired) electrons. The summed E-state index contributed by atoms with van der Waals surface area (Å²) in [5, 5.41) is 1.05.